The van der Waals surface area contributed by atoms with Gasteiger partial charge in [0, 0.05) is 28.5 Å². The van der Waals surface area contributed by atoms with Crippen molar-refractivity contribution in [2.45, 2.75) is 6.04 Å². The van der Waals surface area contributed by atoms with Crippen LogP contribution in [0.25, 0.3) is 5.76 Å². The monoisotopic (exact) mass is 380 g/mol. The Kier molecular flexibility index (Phi) is 4.29. The Morgan fingerprint density at radius 1 is 1.07 bits per heavy atom. The molecule has 1 aliphatic heterocycles. The van der Waals surface area contributed by atoms with Crippen LogP contribution in [0, 0.1) is 5.82 Å². The van der Waals surface area contributed by atoms with Crippen LogP contribution >= 0.6 is 11.3 Å². The molecule has 1 saturated heterocycles. The summed E-state index contributed by atoms with van der Waals surface area (Å²) in [6, 6.07) is 11.3. The van der Waals surface area contributed by atoms with Crippen molar-refractivity contribution in [1.29, 1.82) is 0 Å². The van der Waals surface area contributed by atoms with Crippen LogP contribution in [-0.2, 0) is 9.59 Å². The predicted octanol–water partition coefficient (Wildman–Crippen LogP) is 3.91. The molecule has 0 spiro atoms. The average molecular weight is 380 g/mol. The van der Waals surface area contributed by atoms with Crippen molar-refractivity contribution in [2.75, 3.05) is 4.90 Å². The van der Waals surface area contributed by atoms with E-state index < -0.39 is 23.5 Å². The highest BCUT2D eigenvalue weighted by Gasteiger charge is 2.47. The Morgan fingerprint density at radius 3 is 2.41 bits per heavy atom. The number of aromatic nitrogens is 1. The van der Waals surface area contributed by atoms with Crippen LogP contribution in [0.15, 0.2) is 71.9 Å². The molecule has 5 nitrogen and oxygen atoms in total. The van der Waals surface area contributed by atoms with Crippen LogP contribution < -0.4 is 4.90 Å². The second-order valence-corrected chi connectivity index (χ2v) is 6.88. The van der Waals surface area contributed by atoms with Crippen molar-refractivity contribution in [3.8, 4) is 0 Å². The van der Waals surface area contributed by atoms with Gasteiger partial charge < -0.3 is 5.11 Å². The number of aliphatic hydroxyl groups is 1. The van der Waals surface area contributed by atoms with Gasteiger partial charge in [0.25, 0.3) is 11.7 Å². The number of rotatable bonds is 3. The van der Waals surface area contributed by atoms with E-state index in [9.17, 15) is 19.1 Å². The van der Waals surface area contributed by atoms with Crippen molar-refractivity contribution in [1.82, 2.24) is 4.98 Å². The minimum absolute atomic E-state index is 0.00188. The number of hydrogen-bond donors (Lipinski definition) is 1. The number of anilines is 1. The predicted molar refractivity (Wildman–Crippen MR) is 99.7 cm³/mol. The Balaban J connectivity index is 1.92. The van der Waals surface area contributed by atoms with E-state index in [1.54, 1.807) is 24.3 Å². The quantitative estimate of drug-likeness (QED) is 0.425. The standard InChI is InChI=1S/C20H13FN2O3S/c21-13-3-5-14(6-4-13)23-17(15-2-1-11-27-15)16(19(25)20(23)26)18(24)12-7-9-22-10-8-12/h1-11,17,24H/b18-16-. The Bertz CT molecular complexity index is 1030. The van der Waals surface area contributed by atoms with Crippen LogP contribution in [-0.4, -0.2) is 21.8 Å². The smallest absolute Gasteiger partial charge is 0.300 e. The number of halogens is 1. The molecule has 1 aromatic carbocycles. The molecule has 27 heavy (non-hydrogen) atoms. The molecule has 1 N–H and O–H groups in total. The molecule has 3 aromatic rings. The van der Waals surface area contributed by atoms with Gasteiger partial charge in [0.1, 0.15) is 17.6 Å². The first-order valence-corrected chi connectivity index (χ1v) is 8.96. The second kappa shape index (κ2) is 6.77. The van der Waals surface area contributed by atoms with E-state index >= 15 is 0 Å². The number of thiophene rings is 1. The van der Waals surface area contributed by atoms with Crippen molar-refractivity contribution < 1.29 is 19.1 Å². The fourth-order valence-corrected chi connectivity index (χ4v) is 3.91. The molecule has 0 radical (unpaired) electrons. The zero-order valence-corrected chi connectivity index (χ0v) is 14.7. The maximum Gasteiger partial charge on any atom is 0.300 e. The number of aliphatic hydroxyl groups excluding tert-OH is 1. The third-order valence-electron chi connectivity index (χ3n) is 4.32. The molecule has 0 bridgehead atoms. The summed E-state index contributed by atoms with van der Waals surface area (Å²) in [5, 5.41) is 12.6. The lowest BCUT2D eigenvalue weighted by Gasteiger charge is -2.24. The fourth-order valence-electron chi connectivity index (χ4n) is 3.08. The van der Waals surface area contributed by atoms with Crippen molar-refractivity contribution in [3.63, 3.8) is 0 Å². The van der Waals surface area contributed by atoms with Gasteiger partial charge in [0.15, 0.2) is 0 Å². The minimum Gasteiger partial charge on any atom is -0.507 e. The number of ketones is 1. The van der Waals surface area contributed by atoms with Gasteiger partial charge in [0.2, 0.25) is 0 Å². The van der Waals surface area contributed by atoms with E-state index in [1.165, 1.54) is 52.9 Å². The van der Waals surface area contributed by atoms with Crippen LogP contribution in [0.3, 0.4) is 0 Å². The highest BCUT2D eigenvalue weighted by molar-refractivity contribution is 7.10. The van der Waals surface area contributed by atoms with Crippen molar-refractivity contribution in [2.24, 2.45) is 0 Å². The van der Waals surface area contributed by atoms with Crippen molar-refractivity contribution >= 4 is 34.5 Å². The molecule has 1 atom stereocenters. The zero-order valence-electron chi connectivity index (χ0n) is 13.9. The van der Waals surface area contributed by atoms with Gasteiger partial charge >= 0.3 is 0 Å². The van der Waals surface area contributed by atoms with E-state index in [2.05, 4.69) is 4.98 Å². The van der Waals surface area contributed by atoms with Gasteiger partial charge in [0.05, 0.1) is 5.57 Å². The lowest BCUT2D eigenvalue weighted by Crippen LogP contribution is -2.29. The Morgan fingerprint density at radius 2 is 1.78 bits per heavy atom. The molecule has 0 aliphatic carbocycles. The summed E-state index contributed by atoms with van der Waals surface area (Å²) in [5.41, 5.74) is 0.771. The molecule has 134 valence electrons. The minimum atomic E-state index is -0.788. The molecule has 1 aliphatic rings. The number of carbonyl (C=O) groups is 2. The summed E-state index contributed by atoms with van der Waals surface area (Å²) in [6.45, 7) is 0. The topological polar surface area (TPSA) is 70.5 Å². The Hall–Kier alpha value is -3.32. The third kappa shape index (κ3) is 2.92. The van der Waals surface area contributed by atoms with E-state index in [1.807, 2.05) is 5.38 Å². The molecule has 2 aromatic heterocycles. The number of pyridine rings is 1. The highest BCUT2D eigenvalue weighted by atomic mass is 32.1. The molecular weight excluding hydrogens is 367 g/mol. The van der Waals surface area contributed by atoms with Gasteiger partial charge in [-0.3, -0.25) is 19.5 Å². The first kappa shape index (κ1) is 17.1. The third-order valence-corrected chi connectivity index (χ3v) is 5.24. The zero-order chi connectivity index (χ0) is 19.0. The summed E-state index contributed by atoms with van der Waals surface area (Å²) in [4.78, 5) is 31.5. The summed E-state index contributed by atoms with van der Waals surface area (Å²) in [7, 11) is 0. The molecule has 3 heterocycles. The average Bonchev–Trinajstić information content (AvgIpc) is 3.30. The summed E-state index contributed by atoms with van der Waals surface area (Å²) in [5.74, 6) is -2.26. The van der Waals surface area contributed by atoms with Gasteiger partial charge in [-0.05, 0) is 47.8 Å². The van der Waals surface area contributed by atoms with Crippen LogP contribution in [0.1, 0.15) is 16.5 Å². The summed E-state index contributed by atoms with van der Waals surface area (Å²) >= 11 is 1.36. The number of benzene rings is 1. The maximum absolute atomic E-state index is 13.3. The molecular formula is C20H13FN2O3S. The highest BCUT2D eigenvalue weighted by Crippen LogP contribution is 2.43. The number of Topliss-reactive ketones (excluding diaryl/α,β-unsaturated/α-hetero) is 1. The van der Waals surface area contributed by atoms with Crippen LogP contribution in [0.4, 0.5) is 10.1 Å². The summed E-state index contributed by atoms with van der Waals surface area (Å²) < 4.78 is 13.3. The first-order valence-electron chi connectivity index (χ1n) is 8.08. The lowest BCUT2D eigenvalue weighted by atomic mass is 10.0. The normalized spacial score (nSPS) is 18.9. The van der Waals surface area contributed by atoms with Crippen LogP contribution in [0.2, 0.25) is 0 Å². The number of carbonyl (C=O) groups excluding carboxylic acids is 2. The van der Waals surface area contributed by atoms with Crippen molar-refractivity contribution in [3.05, 3.63) is 88.1 Å². The van der Waals surface area contributed by atoms with E-state index in [-0.39, 0.29) is 11.3 Å². The molecule has 1 amide bonds. The largest absolute Gasteiger partial charge is 0.507 e. The lowest BCUT2D eigenvalue weighted by molar-refractivity contribution is -0.132. The Labute approximate surface area is 158 Å². The molecule has 4 rings (SSSR count). The number of nitrogens with zero attached hydrogens (tertiary/aromatic N) is 2. The molecule has 1 unspecified atom stereocenters. The van der Waals surface area contributed by atoms with Gasteiger partial charge in [-0.2, -0.15) is 0 Å². The van der Waals surface area contributed by atoms with Crippen LogP contribution in [0.5, 0.6) is 0 Å². The molecule has 1 fully saturated rings. The number of hydrogen-bond acceptors (Lipinski definition) is 5. The van der Waals surface area contributed by atoms with E-state index in [4.69, 9.17) is 0 Å². The van der Waals surface area contributed by atoms with E-state index in [0.29, 0.717) is 16.1 Å². The molecule has 0 saturated carbocycles. The second-order valence-electron chi connectivity index (χ2n) is 5.90. The number of amides is 1. The molecule has 7 heteroatoms. The first-order chi connectivity index (χ1) is 13.1. The van der Waals surface area contributed by atoms with Gasteiger partial charge in [-0.25, -0.2) is 4.39 Å². The van der Waals surface area contributed by atoms with E-state index in [0.717, 1.165) is 0 Å². The van der Waals surface area contributed by atoms with Gasteiger partial charge in [-0.1, -0.05) is 6.07 Å². The SMILES string of the molecule is O=C1C(=O)N(c2ccc(F)cc2)C(c2cccs2)/C1=C(/O)c1ccncc1. The van der Waals surface area contributed by atoms with Gasteiger partial charge in [-0.15, -0.1) is 11.3 Å². The fraction of sp³-hybridized carbons (Fsp3) is 0.0500. The summed E-state index contributed by atoms with van der Waals surface area (Å²) in [6.07, 6.45) is 2.98. The maximum atomic E-state index is 13.3.